The Morgan fingerprint density at radius 1 is 0.933 bits per heavy atom. The lowest BCUT2D eigenvalue weighted by Gasteiger charge is -2.33. The Morgan fingerprint density at radius 2 is 1.53 bits per heavy atom. The van der Waals surface area contributed by atoms with E-state index < -0.39 is 0 Å². The van der Waals surface area contributed by atoms with E-state index in [4.69, 9.17) is 0 Å². The fraction of sp³-hybridized carbons (Fsp3) is 1.00. The van der Waals surface area contributed by atoms with E-state index in [2.05, 4.69) is 5.32 Å². The summed E-state index contributed by atoms with van der Waals surface area (Å²) in [5.74, 6) is 0.755. The summed E-state index contributed by atoms with van der Waals surface area (Å²) >= 11 is 0. The van der Waals surface area contributed by atoms with Crippen LogP contribution in [0.4, 0.5) is 0 Å². The van der Waals surface area contributed by atoms with Gasteiger partial charge in [-0.2, -0.15) is 0 Å². The summed E-state index contributed by atoms with van der Waals surface area (Å²) in [7, 11) is 0. The molecule has 0 aliphatic heterocycles. The van der Waals surface area contributed by atoms with Gasteiger partial charge in [0.2, 0.25) is 0 Å². The van der Waals surface area contributed by atoms with Gasteiger partial charge in [-0.05, 0) is 38.1 Å². The topological polar surface area (TPSA) is 32.3 Å². The summed E-state index contributed by atoms with van der Waals surface area (Å²) in [4.78, 5) is 0. The summed E-state index contributed by atoms with van der Waals surface area (Å²) in [5, 5.41) is 12.9. The highest BCUT2D eigenvalue weighted by molar-refractivity contribution is 4.81. The first-order chi connectivity index (χ1) is 7.34. The molecule has 2 N–H and O–H groups in total. The van der Waals surface area contributed by atoms with Crippen LogP contribution in [0.15, 0.2) is 0 Å². The van der Waals surface area contributed by atoms with Crippen LogP contribution in [-0.4, -0.2) is 23.8 Å². The molecule has 88 valence electrons. The van der Waals surface area contributed by atoms with Crippen LogP contribution in [-0.2, 0) is 0 Å². The zero-order valence-electron chi connectivity index (χ0n) is 9.75. The average Bonchev–Trinajstić information content (AvgIpc) is 2.12. The van der Waals surface area contributed by atoms with Crippen molar-refractivity contribution in [2.75, 3.05) is 6.54 Å². The molecule has 0 spiro atoms. The van der Waals surface area contributed by atoms with E-state index in [-0.39, 0.29) is 6.10 Å². The van der Waals surface area contributed by atoms with E-state index in [0.29, 0.717) is 0 Å². The highest BCUT2D eigenvalue weighted by Crippen LogP contribution is 2.26. The van der Waals surface area contributed by atoms with Gasteiger partial charge in [-0.3, -0.25) is 0 Å². The molecular weight excluding hydrogens is 186 g/mol. The van der Waals surface area contributed by atoms with Crippen LogP contribution in [0.2, 0.25) is 0 Å². The fourth-order valence-corrected chi connectivity index (χ4v) is 2.86. The lowest BCUT2D eigenvalue weighted by molar-refractivity contribution is 0.0414. The first kappa shape index (κ1) is 11.4. The van der Waals surface area contributed by atoms with Crippen molar-refractivity contribution in [2.45, 2.75) is 69.9 Å². The summed E-state index contributed by atoms with van der Waals surface area (Å²) in [6, 6.07) is 0.767. The molecule has 0 saturated heterocycles. The molecule has 0 aromatic heterocycles. The molecule has 0 aromatic carbocycles. The number of hydrogen-bond donors (Lipinski definition) is 2. The first-order valence-electron chi connectivity index (χ1n) is 6.76. The predicted octanol–water partition coefficient (Wildman–Crippen LogP) is 2.46. The fourth-order valence-electron chi connectivity index (χ4n) is 2.86. The van der Waals surface area contributed by atoms with Gasteiger partial charge >= 0.3 is 0 Å². The van der Waals surface area contributed by atoms with Crippen molar-refractivity contribution in [2.24, 2.45) is 5.92 Å². The Hall–Kier alpha value is -0.0800. The Morgan fingerprint density at radius 3 is 2.13 bits per heavy atom. The standard InChI is InChI=1S/C13H25NO/c15-13-8-11(9-13)10-14-12-6-4-2-1-3-5-7-12/h11-15H,1-10H2. The van der Waals surface area contributed by atoms with Gasteiger partial charge in [0.25, 0.3) is 0 Å². The molecule has 0 heterocycles. The minimum Gasteiger partial charge on any atom is -0.393 e. The summed E-state index contributed by atoms with van der Waals surface area (Å²) < 4.78 is 0. The molecule has 2 nitrogen and oxygen atoms in total. The Bertz CT molecular complexity index is 169. The molecule has 15 heavy (non-hydrogen) atoms. The second-order valence-corrected chi connectivity index (χ2v) is 5.44. The van der Waals surface area contributed by atoms with E-state index in [1.54, 1.807) is 0 Å². The van der Waals surface area contributed by atoms with Gasteiger partial charge in [0.15, 0.2) is 0 Å². The van der Waals surface area contributed by atoms with Gasteiger partial charge < -0.3 is 10.4 Å². The van der Waals surface area contributed by atoms with Crippen molar-refractivity contribution in [1.29, 1.82) is 0 Å². The van der Waals surface area contributed by atoms with Crippen molar-refractivity contribution in [3.63, 3.8) is 0 Å². The minimum absolute atomic E-state index is 0.00846. The van der Waals surface area contributed by atoms with Crippen LogP contribution in [0.25, 0.3) is 0 Å². The van der Waals surface area contributed by atoms with Gasteiger partial charge in [-0.25, -0.2) is 0 Å². The molecule has 0 aromatic rings. The van der Waals surface area contributed by atoms with E-state index in [9.17, 15) is 5.11 Å². The average molecular weight is 211 g/mol. The Kier molecular flexibility index (Phi) is 4.45. The quantitative estimate of drug-likeness (QED) is 0.751. The number of hydrogen-bond acceptors (Lipinski definition) is 2. The Labute approximate surface area is 93.5 Å². The van der Waals surface area contributed by atoms with Crippen LogP contribution in [0.3, 0.4) is 0 Å². The van der Waals surface area contributed by atoms with Crippen LogP contribution in [0, 0.1) is 5.92 Å². The second kappa shape index (κ2) is 5.86. The molecule has 0 unspecified atom stereocenters. The third-order valence-corrected chi connectivity index (χ3v) is 4.01. The molecule has 0 radical (unpaired) electrons. The van der Waals surface area contributed by atoms with Crippen molar-refractivity contribution in [1.82, 2.24) is 5.32 Å². The van der Waals surface area contributed by atoms with Crippen LogP contribution in [0.5, 0.6) is 0 Å². The lowest BCUT2D eigenvalue weighted by atomic mass is 9.82. The highest BCUT2D eigenvalue weighted by atomic mass is 16.3. The summed E-state index contributed by atoms with van der Waals surface area (Å²) in [5.41, 5.74) is 0. The van der Waals surface area contributed by atoms with Crippen LogP contribution in [0.1, 0.15) is 57.8 Å². The molecule has 2 aliphatic rings. The molecule has 2 aliphatic carbocycles. The first-order valence-corrected chi connectivity index (χ1v) is 6.76. The third kappa shape index (κ3) is 3.76. The van der Waals surface area contributed by atoms with Gasteiger partial charge in [0.1, 0.15) is 0 Å². The SMILES string of the molecule is OC1CC(CNC2CCCCCCC2)C1. The van der Waals surface area contributed by atoms with Gasteiger partial charge in [0.05, 0.1) is 6.10 Å². The molecule has 0 atom stereocenters. The maximum absolute atomic E-state index is 9.21. The van der Waals surface area contributed by atoms with E-state index >= 15 is 0 Å². The maximum Gasteiger partial charge on any atom is 0.0546 e. The molecule has 2 rings (SSSR count). The van der Waals surface area contributed by atoms with Crippen molar-refractivity contribution in [3.05, 3.63) is 0 Å². The third-order valence-electron chi connectivity index (χ3n) is 4.01. The highest BCUT2D eigenvalue weighted by Gasteiger charge is 2.27. The molecule has 2 heteroatoms. The molecule has 2 fully saturated rings. The molecule has 0 amide bonds. The predicted molar refractivity (Wildman–Crippen MR) is 62.8 cm³/mol. The van der Waals surface area contributed by atoms with E-state index in [1.165, 1.54) is 44.9 Å². The van der Waals surface area contributed by atoms with Crippen LogP contribution < -0.4 is 5.32 Å². The minimum atomic E-state index is 0.00846. The molecule has 0 bridgehead atoms. The number of aliphatic hydroxyl groups is 1. The van der Waals surface area contributed by atoms with E-state index in [0.717, 1.165) is 31.3 Å². The zero-order chi connectivity index (χ0) is 10.5. The summed E-state index contributed by atoms with van der Waals surface area (Å²) in [6.45, 7) is 1.14. The van der Waals surface area contributed by atoms with Gasteiger partial charge in [-0.1, -0.05) is 32.1 Å². The van der Waals surface area contributed by atoms with Gasteiger partial charge in [0, 0.05) is 6.04 Å². The van der Waals surface area contributed by atoms with Crippen molar-refractivity contribution < 1.29 is 5.11 Å². The number of nitrogens with one attached hydrogen (secondary N) is 1. The maximum atomic E-state index is 9.21. The second-order valence-electron chi connectivity index (χ2n) is 5.44. The van der Waals surface area contributed by atoms with Crippen LogP contribution >= 0.6 is 0 Å². The number of rotatable bonds is 3. The van der Waals surface area contributed by atoms with Gasteiger partial charge in [-0.15, -0.1) is 0 Å². The normalized spacial score (nSPS) is 34.2. The van der Waals surface area contributed by atoms with E-state index in [1.807, 2.05) is 0 Å². The smallest absolute Gasteiger partial charge is 0.0546 e. The lowest BCUT2D eigenvalue weighted by Crippen LogP contribution is -2.40. The Balaban J connectivity index is 1.59. The van der Waals surface area contributed by atoms with Crippen molar-refractivity contribution in [3.8, 4) is 0 Å². The monoisotopic (exact) mass is 211 g/mol. The number of aliphatic hydroxyl groups excluding tert-OH is 1. The molecular formula is C13H25NO. The van der Waals surface area contributed by atoms with Crippen molar-refractivity contribution >= 4 is 0 Å². The molecule has 2 saturated carbocycles. The summed E-state index contributed by atoms with van der Waals surface area (Å²) in [6.07, 6.45) is 11.9. The zero-order valence-corrected chi connectivity index (χ0v) is 9.75. The largest absolute Gasteiger partial charge is 0.393 e.